The van der Waals surface area contributed by atoms with E-state index in [0.717, 1.165) is 5.75 Å². The second-order valence-electron chi connectivity index (χ2n) is 4.08. The summed E-state index contributed by atoms with van der Waals surface area (Å²) in [6.45, 7) is 2.05. The van der Waals surface area contributed by atoms with Crippen LogP contribution in [0.1, 0.15) is 6.42 Å². The average molecular weight is 276 g/mol. The Bertz CT molecular complexity index is 288. The summed E-state index contributed by atoms with van der Waals surface area (Å²) in [4.78, 5) is 24.4. The summed E-state index contributed by atoms with van der Waals surface area (Å²) >= 11 is 1.70. The van der Waals surface area contributed by atoms with Crippen molar-refractivity contribution in [2.24, 2.45) is 0 Å². The van der Waals surface area contributed by atoms with Crippen LogP contribution in [0.5, 0.6) is 0 Å². The third-order valence-corrected chi connectivity index (χ3v) is 3.81. The third-order valence-electron chi connectivity index (χ3n) is 2.72. The van der Waals surface area contributed by atoms with Crippen LogP contribution < -0.4 is 5.32 Å². The number of hydrogen-bond acceptors (Lipinski definition) is 5. The predicted molar refractivity (Wildman–Crippen MR) is 69.8 cm³/mol. The molecular formula is C11H20N2O4S. The Labute approximate surface area is 111 Å². The van der Waals surface area contributed by atoms with Gasteiger partial charge < -0.3 is 20.1 Å². The Hall–Kier alpha value is -0.790. The number of carbonyl (C=O) groups is 2. The highest BCUT2D eigenvalue weighted by atomic mass is 32.2. The monoisotopic (exact) mass is 276 g/mol. The molecule has 1 atom stereocenters. The van der Waals surface area contributed by atoms with E-state index in [0.29, 0.717) is 25.4 Å². The number of ether oxygens (including phenoxy) is 1. The maximum absolute atomic E-state index is 12.0. The van der Waals surface area contributed by atoms with Crippen LogP contribution in [0.25, 0.3) is 0 Å². The van der Waals surface area contributed by atoms with Crippen molar-refractivity contribution < 1.29 is 19.4 Å². The summed E-state index contributed by atoms with van der Waals surface area (Å²) in [7, 11) is 1.61. The topological polar surface area (TPSA) is 78.9 Å². The third kappa shape index (κ3) is 5.24. The zero-order valence-corrected chi connectivity index (χ0v) is 11.4. The molecule has 1 aliphatic heterocycles. The normalized spacial score (nSPS) is 19.8. The number of nitrogens with zero attached hydrogens (tertiary/aromatic N) is 1. The second-order valence-corrected chi connectivity index (χ2v) is 5.23. The molecule has 6 nitrogen and oxygen atoms in total. The maximum Gasteiger partial charge on any atom is 0.305 e. The Morgan fingerprint density at radius 2 is 2.33 bits per heavy atom. The van der Waals surface area contributed by atoms with Gasteiger partial charge in [-0.2, -0.15) is 11.8 Å². The number of hydrogen-bond donors (Lipinski definition) is 2. The van der Waals surface area contributed by atoms with Crippen LogP contribution in [-0.2, 0) is 14.3 Å². The first-order chi connectivity index (χ1) is 8.65. The molecule has 0 aromatic heterocycles. The fourth-order valence-electron chi connectivity index (χ4n) is 1.82. The molecule has 0 spiro atoms. The highest BCUT2D eigenvalue weighted by Gasteiger charge is 2.28. The van der Waals surface area contributed by atoms with Gasteiger partial charge in [-0.1, -0.05) is 0 Å². The van der Waals surface area contributed by atoms with Gasteiger partial charge in [-0.25, -0.2) is 0 Å². The van der Waals surface area contributed by atoms with E-state index in [4.69, 9.17) is 9.84 Å². The SMILES string of the molecule is COCCNCC(=O)N1CCSCC1CC(=O)O. The van der Waals surface area contributed by atoms with E-state index in [-0.39, 0.29) is 24.9 Å². The van der Waals surface area contributed by atoms with Gasteiger partial charge >= 0.3 is 5.97 Å². The van der Waals surface area contributed by atoms with Crippen molar-refractivity contribution in [1.29, 1.82) is 0 Å². The molecule has 1 unspecified atom stereocenters. The minimum Gasteiger partial charge on any atom is -0.481 e. The number of carbonyl (C=O) groups excluding carboxylic acids is 1. The number of carboxylic acid groups (broad SMARTS) is 1. The van der Waals surface area contributed by atoms with Crippen molar-refractivity contribution in [3.8, 4) is 0 Å². The van der Waals surface area contributed by atoms with Crippen molar-refractivity contribution in [1.82, 2.24) is 10.2 Å². The van der Waals surface area contributed by atoms with E-state index in [1.54, 1.807) is 23.8 Å². The Balaban J connectivity index is 2.39. The lowest BCUT2D eigenvalue weighted by Gasteiger charge is -2.34. The van der Waals surface area contributed by atoms with Gasteiger partial charge in [0, 0.05) is 31.7 Å². The maximum atomic E-state index is 12.0. The van der Waals surface area contributed by atoms with Crippen molar-refractivity contribution in [3.63, 3.8) is 0 Å². The molecule has 2 N–H and O–H groups in total. The van der Waals surface area contributed by atoms with Crippen LogP contribution in [0.3, 0.4) is 0 Å². The first-order valence-corrected chi connectivity index (χ1v) is 7.09. The Morgan fingerprint density at radius 1 is 1.56 bits per heavy atom. The van der Waals surface area contributed by atoms with Gasteiger partial charge in [0.15, 0.2) is 0 Å². The van der Waals surface area contributed by atoms with Gasteiger partial charge in [-0.15, -0.1) is 0 Å². The van der Waals surface area contributed by atoms with Crippen molar-refractivity contribution in [3.05, 3.63) is 0 Å². The number of aliphatic carboxylic acids is 1. The number of thioether (sulfide) groups is 1. The number of rotatable bonds is 7. The van der Waals surface area contributed by atoms with Crippen LogP contribution in [0.15, 0.2) is 0 Å². The molecular weight excluding hydrogens is 256 g/mol. The fourth-order valence-corrected chi connectivity index (χ4v) is 2.89. The lowest BCUT2D eigenvalue weighted by molar-refractivity contribution is -0.140. The summed E-state index contributed by atoms with van der Waals surface area (Å²) < 4.78 is 4.87. The van der Waals surface area contributed by atoms with Gasteiger partial charge in [0.05, 0.1) is 25.6 Å². The first-order valence-electron chi connectivity index (χ1n) is 5.93. The zero-order chi connectivity index (χ0) is 13.4. The number of amides is 1. The van der Waals surface area contributed by atoms with Crippen LogP contribution in [0, 0.1) is 0 Å². The number of methoxy groups -OCH3 is 1. The van der Waals surface area contributed by atoms with Gasteiger partial charge in [-0.05, 0) is 0 Å². The smallest absolute Gasteiger partial charge is 0.305 e. The van der Waals surface area contributed by atoms with E-state index in [2.05, 4.69) is 5.32 Å². The molecule has 1 amide bonds. The van der Waals surface area contributed by atoms with Crippen LogP contribution >= 0.6 is 11.8 Å². The second kappa shape index (κ2) is 8.34. The lowest BCUT2D eigenvalue weighted by Crippen LogP contribution is -2.50. The standard InChI is InChI=1S/C11H20N2O4S/c1-17-4-2-12-7-10(14)13-3-5-18-8-9(13)6-11(15)16/h9,12H,2-8H2,1H3,(H,15,16). The average Bonchev–Trinajstić information content (AvgIpc) is 2.34. The Kier molecular flexibility index (Phi) is 7.07. The summed E-state index contributed by atoms with van der Waals surface area (Å²) in [5.74, 6) is 0.695. The number of nitrogens with one attached hydrogen (secondary N) is 1. The predicted octanol–water partition coefficient (Wildman–Crippen LogP) is -0.359. The minimum absolute atomic E-state index is 0.0246. The van der Waals surface area contributed by atoms with Gasteiger partial charge in [-0.3, -0.25) is 9.59 Å². The molecule has 0 aromatic carbocycles. The number of carboxylic acids is 1. The van der Waals surface area contributed by atoms with Crippen LogP contribution in [0.2, 0.25) is 0 Å². The van der Waals surface area contributed by atoms with Crippen molar-refractivity contribution in [2.45, 2.75) is 12.5 Å². The summed E-state index contributed by atoms with van der Waals surface area (Å²) in [6, 6.07) is -0.182. The summed E-state index contributed by atoms with van der Waals surface area (Å²) in [5.41, 5.74) is 0. The van der Waals surface area contributed by atoms with E-state index in [1.807, 2.05) is 0 Å². The zero-order valence-electron chi connectivity index (χ0n) is 10.6. The molecule has 0 bridgehead atoms. The quantitative estimate of drug-likeness (QED) is 0.618. The van der Waals surface area contributed by atoms with E-state index >= 15 is 0 Å². The highest BCUT2D eigenvalue weighted by molar-refractivity contribution is 7.99. The fraction of sp³-hybridized carbons (Fsp3) is 0.818. The van der Waals surface area contributed by atoms with E-state index < -0.39 is 5.97 Å². The minimum atomic E-state index is -0.854. The van der Waals surface area contributed by atoms with Gasteiger partial charge in [0.25, 0.3) is 0 Å². The molecule has 1 rings (SSSR count). The van der Waals surface area contributed by atoms with Gasteiger partial charge in [0.1, 0.15) is 0 Å². The summed E-state index contributed by atoms with van der Waals surface area (Å²) in [5, 5.41) is 11.8. The molecule has 7 heteroatoms. The largest absolute Gasteiger partial charge is 0.481 e. The molecule has 1 aliphatic rings. The van der Waals surface area contributed by atoms with Crippen molar-refractivity contribution in [2.75, 3.05) is 44.9 Å². The Morgan fingerprint density at radius 3 is 3.00 bits per heavy atom. The molecule has 0 aliphatic carbocycles. The first kappa shape index (κ1) is 15.3. The lowest BCUT2D eigenvalue weighted by atomic mass is 10.2. The van der Waals surface area contributed by atoms with Crippen LogP contribution in [-0.4, -0.2) is 72.8 Å². The van der Waals surface area contributed by atoms with Gasteiger partial charge in [0.2, 0.25) is 5.91 Å². The van der Waals surface area contributed by atoms with Crippen LogP contribution in [0.4, 0.5) is 0 Å². The molecule has 1 saturated heterocycles. The molecule has 0 radical (unpaired) electrons. The molecule has 1 fully saturated rings. The molecule has 104 valence electrons. The summed E-state index contributed by atoms with van der Waals surface area (Å²) in [6.07, 6.45) is 0.0246. The highest BCUT2D eigenvalue weighted by Crippen LogP contribution is 2.18. The molecule has 0 aromatic rings. The van der Waals surface area contributed by atoms with E-state index in [1.165, 1.54) is 0 Å². The van der Waals surface area contributed by atoms with Crippen molar-refractivity contribution >= 4 is 23.6 Å². The molecule has 18 heavy (non-hydrogen) atoms. The molecule has 1 heterocycles. The molecule has 0 saturated carbocycles. The van der Waals surface area contributed by atoms with E-state index in [9.17, 15) is 9.59 Å².